The van der Waals surface area contributed by atoms with Crippen molar-refractivity contribution in [3.8, 4) is 0 Å². The zero-order valence-electron chi connectivity index (χ0n) is 20.2. The number of hydrogen-bond acceptors (Lipinski definition) is 4. The van der Waals surface area contributed by atoms with Crippen molar-refractivity contribution in [2.45, 2.75) is 46.1 Å². The van der Waals surface area contributed by atoms with Gasteiger partial charge in [-0.05, 0) is 62.4 Å². The number of anilines is 1. The van der Waals surface area contributed by atoms with E-state index in [-0.39, 0.29) is 24.8 Å². The first-order valence-corrected chi connectivity index (χ1v) is 13.0. The number of carbonyl (C=O) groups is 2. The van der Waals surface area contributed by atoms with E-state index >= 15 is 0 Å². The average Bonchev–Trinajstić information content (AvgIpc) is 2.78. The first-order valence-electron chi connectivity index (χ1n) is 11.1. The van der Waals surface area contributed by atoms with Crippen LogP contribution in [0.1, 0.15) is 36.5 Å². The molecular weight excluding hydrogens is 438 g/mol. The van der Waals surface area contributed by atoms with Crippen LogP contribution in [0, 0.1) is 13.8 Å². The topological polar surface area (TPSA) is 86.8 Å². The summed E-state index contributed by atoms with van der Waals surface area (Å²) in [5.74, 6) is -0.403. The summed E-state index contributed by atoms with van der Waals surface area (Å²) < 4.78 is 26.2. The molecule has 0 saturated carbocycles. The molecule has 33 heavy (non-hydrogen) atoms. The van der Waals surface area contributed by atoms with Crippen LogP contribution in [-0.2, 0) is 26.0 Å². The molecule has 0 fully saturated rings. The van der Waals surface area contributed by atoms with E-state index in [0.29, 0.717) is 25.1 Å². The van der Waals surface area contributed by atoms with Gasteiger partial charge in [0.25, 0.3) is 0 Å². The molecule has 0 saturated heterocycles. The first kappa shape index (κ1) is 26.4. The van der Waals surface area contributed by atoms with Crippen LogP contribution in [0.5, 0.6) is 0 Å². The predicted octanol–water partition coefficient (Wildman–Crippen LogP) is 3.06. The fourth-order valence-electron chi connectivity index (χ4n) is 3.66. The molecule has 180 valence electrons. The highest BCUT2D eigenvalue weighted by atomic mass is 32.2. The van der Waals surface area contributed by atoms with E-state index in [0.717, 1.165) is 16.7 Å². The molecule has 8 heteroatoms. The summed E-state index contributed by atoms with van der Waals surface area (Å²) in [6.45, 7) is 6.21. The summed E-state index contributed by atoms with van der Waals surface area (Å²) in [7, 11) is -1.95. The minimum atomic E-state index is -3.50. The van der Waals surface area contributed by atoms with E-state index in [4.69, 9.17) is 0 Å². The van der Waals surface area contributed by atoms with Crippen molar-refractivity contribution in [3.05, 3.63) is 65.2 Å². The minimum Gasteiger partial charge on any atom is -0.357 e. The molecular formula is C25H35N3O4S. The van der Waals surface area contributed by atoms with Gasteiger partial charge in [0.2, 0.25) is 21.8 Å². The zero-order chi connectivity index (χ0) is 24.6. The van der Waals surface area contributed by atoms with Gasteiger partial charge in [-0.25, -0.2) is 8.42 Å². The Labute approximate surface area is 197 Å². The molecule has 2 aromatic rings. The predicted molar refractivity (Wildman–Crippen MR) is 133 cm³/mol. The largest absolute Gasteiger partial charge is 0.357 e. The van der Waals surface area contributed by atoms with Gasteiger partial charge >= 0.3 is 0 Å². The Bertz CT molecular complexity index is 1050. The lowest BCUT2D eigenvalue weighted by Gasteiger charge is -2.29. The van der Waals surface area contributed by atoms with Crippen LogP contribution < -0.4 is 9.62 Å². The second-order valence-corrected chi connectivity index (χ2v) is 10.2. The van der Waals surface area contributed by atoms with Crippen LogP contribution >= 0.6 is 0 Å². The highest BCUT2D eigenvalue weighted by Gasteiger charge is 2.25. The van der Waals surface area contributed by atoms with Gasteiger partial charge in [-0.15, -0.1) is 0 Å². The molecule has 0 spiro atoms. The SMILES string of the molecule is CNC(=O)[C@@H](C)N(CCc1ccccc1)C(=O)CCCN(c1ccc(C)c(C)c1)S(C)(=O)=O. The van der Waals surface area contributed by atoms with Crippen LogP contribution in [0.4, 0.5) is 5.69 Å². The summed E-state index contributed by atoms with van der Waals surface area (Å²) in [4.78, 5) is 26.9. The van der Waals surface area contributed by atoms with Crippen molar-refractivity contribution in [3.63, 3.8) is 0 Å². The molecule has 0 heterocycles. The fraction of sp³-hybridized carbons (Fsp3) is 0.440. The molecule has 2 rings (SSSR count). The maximum Gasteiger partial charge on any atom is 0.242 e. The molecule has 0 unspecified atom stereocenters. The molecule has 0 aromatic heterocycles. The van der Waals surface area contributed by atoms with Crippen molar-refractivity contribution in [1.29, 1.82) is 0 Å². The number of rotatable bonds is 11. The van der Waals surface area contributed by atoms with Gasteiger partial charge in [0.15, 0.2) is 0 Å². The standard InChI is InChI=1S/C25H35N3O4S/c1-19-13-14-23(18-20(19)2)28(33(5,31)32)16-9-12-24(29)27(21(3)25(30)26-4)17-15-22-10-7-6-8-11-22/h6-8,10-11,13-14,18,21H,9,12,15-17H2,1-5H3,(H,26,30)/t21-/m1/s1. The second kappa shape index (κ2) is 11.8. The van der Waals surface area contributed by atoms with Gasteiger partial charge in [-0.1, -0.05) is 36.4 Å². The highest BCUT2D eigenvalue weighted by molar-refractivity contribution is 7.92. The maximum atomic E-state index is 13.1. The summed E-state index contributed by atoms with van der Waals surface area (Å²) in [6.07, 6.45) is 2.30. The van der Waals surface area contributed by atoms with E-state index < -0.39 is 16.1 Å². The molecule has 7 nitrogen and oxygen atoms in total. The molecule has 0 aliphatic rings. The Hall–Kier alpha value is -2.87. The van der Waals surface area contributed by atoms with Crippen LogP contribution in [0.3, 0.4) is 0 Å². The molecule has 0 radical (unpaired) electrons. The van der Waals surface area contributed by atoms with Crippen molar-refractivity contribution < 1.29 is 18.0 Å². The van der Waals surface area contributed by atoms with Gasteiger partial charge in [-0.2, -0.15) is 0 Å². The minimum absolute atomic E-state index is 0.146. The van der Waals surface area contributed by atoms with Crippen LogP contribution in [0.15, 0.2) is 48.5 Å². The molecule has 0 bridgehead atoms. The number of hydrogen-bond donors (Lipinski definition) is 1. The number of benzene rings is 2. The van der Waals surface area contributed by atoms with Crippen molar-refractivity contribution in [2.75, 3.05) is 30.7 Å². The number of nitrogens with zero attached hydrogens (tertiary/aromatic N) is 2. The lowest BCUT2D eigenvalue weighted by atomic mass is 10.1. The summed E-state index contributed by atoms with van der Waals surface area (Å²) >= 11 is 0. The summed E-state index contributed by atoms with van der Waals surface area (Å²) in [5.41, 5.74) is 3.76. The van der Waals surface area contributed by atoms with E-state index in [9.17, 15) is 18.0 Å². The average molecular weight is 474 g/mol. The second-order valence-electron chi connectivity index (χ2n) is 8.32. The van der Waals surface area contributed by atoms with Crippen LogP contribution in [0.2, 0.25) is 0 Å². The smallest absolute Gasteiger partial charge is 0.242 e. The first-order chi connectivity index (χ1) is 15.5. The third-order valence-corrected chi connectivity index (χ3v) is 7.02. The van der Waals surface area contributed by atoms with Crippen molar-refractivity contribution in [1.82, 2.24) is 10.2 Å². The molecule has 2 aromatic carbocycles. The Morgan fingerprint density at radius 3 is 2.24 bits per heavy atom. The molecule has 1 N–H and O–H groups in total. The van der Waals surface area contributed by atoms with E-state index in [1.54, 1.807) is 24.9 Å². The van der Waals surface area contributed by atoms with Crippen molar-refractivity contribution >= 4 is 27.5 Å². The quantitative estimate of drug-likeness (QED) is 0.543. The Balaban J connectivity index is 2.09. The fourth-order valence-corrected chi connectivity index (χ4v) is 4.62. The third-order valence-electron chi connectivity index (χ3n) is 5.83. The Kier molecular flexibility index (Phi) is 9.46. The zero-order valence-corrected chi connectivity index (χ0v) is 21.0. The van der Waals surface area contributed by atoms with E-state index in [1.807, 2.05) is 56.3 Å². The summed E-state index contributed by atoms with van der Waals surface area (Å²) in [5, 5.41) is 2.60. The third kappa shape index (κ3) is 7.60. The molecule has 0 aliphatic carbocycles. The van der Waals surface area contributed by atoms with Gasteiger partial charge < -0.3 is 10.2 Å². The number of likely N-dealkylation sites (N-methyl/N-ethyl adjacent to an activating group) is 1. The molecule has 0 aliphatic heterocycles. The number of amides is 2. The lowest BCUT2D eigenvalue weighted by Crippen LogP contribution is -2.48. The Morgan fingerprint density at radius 2 is 1.67 bits per heavy atom. The number of sulfonamides is 1. The molecule has 2 amide bonds. The van der Waals surface area contributed by atoms with Gasteiger partial charge in [0.05, 0.1) is 11.9 Å². The number of carbonyl (C=O) groups excluding carboxylic acids is 2. The van der Waals surface area contributed by atoms with Gasteiger partial charge in [-0.3, -0.25) is 13.9 Å². The van der Waals surface area contributed by atoms with Gasteiger partial charge in [0.1, 0.15) is 6.04 Å². The van der Waals surface area contributed by atoms with Crippen LogP contribution in [0.25, 0.3) is 0 Å². The number of aryl methyl sites for hydroxylation is 2. The lowest BCUT2D eigenvalue weighted by molar-refractivity contribution is -0.139. The van der Waals surface area contributed by atoms with E-state index in [2.05, 4.69) is 5.32 Å². The number of nitrogens with one attached hydrogen (secondary N) is 1. The van der Waals surface area contributed by atoms with E-state index in [1.165, 1.54) is 10.6 Å². The van der Waals surface area contributed by atoms with Gasteiger partial charge in [0, 0.05) is 26.6 Å². The molecule has 1 atom stereocenters. The highest BCUT2D eigenvalue weighted by Crippen LogP contribution is 2.22. The summed E-state index contributed by atoms with van der Waals surface area (Å²) in [6, 6.07) is 14.7. The van der Waals surface area contributed by atoms with Crippen molar-refractivity contribution in [2.24, 2.45) is 0 Å². The van der Waals surface area contributed by atoms with Crippen LogP contribution in [-0.4, -0.2) is 57.6 Å². The normalized spacial score (nSPS) is 12.2. The Morgan fingerprint density at radius 1 is 1.00 bits per heavy atom. The maximum absolute atomic E-state index is 13.1. The monoisotopic (exact) mass is 473 g/mol.